The van der Waals surface area contributed by atoms with Crippen molar-refractivity contribution in [2.24, 2.45) is 0 Å². The van der Waals surface area contributed by atoms with E-state index in [9.17, 15) is 0 Å². The number of nitrogens with zero attached hydrogens (tertiary/aromatic N) is 1. The number of anilines is 1. The minimum atomic E-state index is 0.451. The zero-order chi connectivity index (χ0) is 13.1. The first kappa shape index (κ1) is 13.8. The predicted molar refractivity (Wildman–Crippen MR) is 79.7 cm³/mol. The Morgan fingerprint density at radius 1 is 1.06 bits per heavy atom. The van der Waals surface area contributed by atoms with Gasteiger partial charge in [0, 0.05) is 15.7 Å². The summed E-state index contributed by atoms with van der Waals surface area (Å²) in [7, 11) is 0. The van der Waals surface area contributed by atoms with Crippen LogP contribution in [0, 0.1) is 0 Å². The molecule has 0 fully saturated rings. The van der Waals surface area contributed by atoms with E-state index in [1.807, 2.05) is 6.07 Å². The van der Waals surface area contributed by atoms with Crippen LogP contribution in [0.15, 0.2) is 35.2 Å². The largest absolute Gasteiger partial charge is 0.384 e. The zero-order valence-electron chi connectivity index (χ0n) is 9.16. The van der Waals surface area contributed by atoms with E-state index >= 15 is 0 Å². The minimum Gasteiger partial charge on any atom is -0.384 e. The van der Waals surface area contributed by atoms with Gasteiger partial charge in [0.05, 0.1) is 15.7 Å². The second-order valence-corrected chi connectivity index (χ2v) is 5.80. The van der Waals surface area contributed by atoms with Crippen molar-refractivity contribution in [3.63, 3.8) is 0 Å². The van der Waals surface area contributed by atoms with Crippen molar-refractivity contribution in [3.05, 3.63) is 51.1 Å². The third-order valence-electron chi connectivity index (χ3n) is 2.20. The fraction of sp³-hybridized carbons (Fsp3) is 0.0833. The SMILES string of the molecule is Nc1ccc(Cl)c(CSc2cc(Cl)ccc2Cl)n1. The number of halogens is 3. The Hall–Kier alpha value is -0.610. The molecule has 0 bridgehead atoms. The van der Waals surface area contributed by atoms with Crippen LogP contribution in [-0.4, -0.2) is 4.98 Å². The van der Waals surface area contributed by atoms with Crippen LogP contribution >= 0.6 is 46.6 Å². The van der Waals surface area contributed by atoms with E-state index in [1.54, 1.807) is 24.3 Å². The number of benzene rings is 1. The fourth-order valence-corrected chi connectivity index (χ4v) is 3.03. The van der Waals surface area contributed by atoms with Crippen molar-refractivity contribution in [1.29, 1.82) is 0 Å². The Morgan fingerprint density at radius 2 is 1.78 bits per heavy atom. The molecular weight excluding hydrogens is 311 g/mol. The number of aromatic nitrogens is 1. The highest BCUT2D eigenvalue weighted by atomic mass is 35.5. The van der Waals surface area contributed by atoms with Gasteiger partial charge in [0.25, 0.3) is 0 Å². The van der Waals surface area contributed by atoms with Gasteiger partial charge in [0.2, 0.25) is 0 Å². The molecule has 1 heterocycles. The molecule has 0 aliphatic rings. The van der Waals surface area contributed by atoms with Crippen LogP contribution < -0.4 is 5.73 Å². The van der Waals surface area contributed by atoms with Crippen LogP contribution in [0.1, 0.15) is 5.69 Å². The van der Waals surface area contributed by atoms with Crippen molar-refractivity contribution < 1.29 is 0 Å². The molecule has 0 amide bonds. The van der Waals surface area contributed by atoms with Gasteiger partial charge in [-0.3, -0.25) is 0 Å². The second-order valence-electron chi connectivity index (χ2n) is 3.53. The standard InChI is InChI=1S/C12H9Cl3N2S/c13-7-1-2-9(15)11(5-7)18-6-10-8(14)3-4-12(16)17-10/h1-5H,6H2,(H2,16,17). The highest BCUT2D eigenvalue weighted by Gasteiger charge is 2.07. The predicted octanol–water partition coefficient (Wildman–Crippen LogP) is 4.92. The Bertz CT molecular complexity index is 524. The average molecular weight is 320 g/mol. The normalized spacial score (nSPS) is 10.6. The highest BCUT2D eigenvalue weighted by Crippen LogP contribution is 2.33. The van der Waals surface area contributed by atoms with Crippen LogP contribution in [0.25, 0.3) is 0 Å². The number of nitrogens with two attached hydrogens (primary N) is 1. The number of hydrogen-bond acceptors (Lipinski definition) is 3. The molecule has 0 unspecified atom stereocenters. The lowest BCUT2D eigenvalue weighted by Crippen LogP contribution is -1.95. The molecule has 0 saturated heterocycles. The summed E-state index contributed by atoms with van der Waals surface area (Å²) in [6, 6.07) is 8.73. The quantitative estimate of drug-likeness (QED) is 0.816. The van der Waals surface area contributed by atoms with Crippen LogP contribution in [0.3, 0.4) is 0 Å². The molecule has 18 heavy (non-hydrogen) atoms. The van der Waals surface area contributed by atoms with Crippen LogP contribution in [0.2, 0.25) is 15.1 Å². The molecule has 1 aromatic carbocycles. The third-order valence-corrected chi connectivity index (χ3v) is 4.29. The van der Waals surface area contributed by atoms with Gasteiger partial charge < -0.3 is 5.73 Å². The maximum Gasteiger partial charge on any atom is 0.123 e. The molecule has 2 rings (SSSR count). The van der Waals surface area contributed by atoms with E-state index in [2.05, 4.69) is 4.98 Å². The van der Waals surface area contributed by atoms with E-state index in [0.717, 1.165) is 10.6 Å². The zero-order valence-corrected chi connectivity index (χ0v) is 12.2. The van der Waals surface area contributed by atoms with Crippen molar-refractivity contribution in [2.45, 2.75) is 10.6 Å². The topological polar surface area (TPSA) is 38.9 Å². The molecule has 0 aliphatic carbocycles. The molecule has 94 valence electrons. The Morgan fingerprint density at radius 3 is 2.56 bits per heavy atom. The van der Waals surface area contributed by atoms with Crippen LogP contribution in [-0.2, 0) is 5.75 Å². The molecule has 0 atom stereocenters. The molecule has 2 nitrogen and oxygen atoms in total. The Kier molecular flexibility index (Phi) is 4.62. The summed E-state index contributed by atoms with van der Waals surface area (Å²) in [5.74, 6) is 1.04. The van der Waals surface area contributed by atoms with E-state index in [1.165, 1.54) is 11.8 Å². The second kappa shape index (κ2) is 6.02. The van der Waals surface area contributed by atoms with E-state index < -0.39 is 0 Å². The number of nitrogen functional groups attached to an aromatic ring is 1. The minimum absolute atomic E-state index is 0.451. The van der Waals surface area contributed by atoms with Crippen molar-refractivity contribution in [1.82, 2.24) is 4.98 Å². The summed E-state index contributed by atoms with van der Waals surface area (Å²) >= 11 is 19.6. The number of pyridine rings is 1. The molecule has 6 heteroatoms. The van der Waals surface area contributed by atoms with Gasteiger partial charge in [-0.2, -0.15) is 0 Å². The first-order valence-corrected chi connectivity index (χ1v) is 7.17. The highest BCUT2D eigenvalue weighted by molar-refractivity contribution is 7.98. The number of thioether (sulfide) groups is 1. The maximum absolute atomic E-state index is 6.08. The first-order valence-electron chi connectivity index (χ1n) is 5.05. The summed E-state index contributed by atoms with van der Waals surface area (Å²) < 4.78 is 0. The van der Waals surface area contributed by atoms with Gasteiger partial charge in [-0.05, 0) is 30.3 Å². The maximum atomic E-state index is 6.08. The van der Waals surface area contributed by atoms with Gasteiger partial charge in [-0.25, -0.2) is 4.98 Å². The third kappa shape index (κ3) is 3.45. The van der Waals surface area contributed by atoms with Gasteiger partial charge in [0.1, 0.15) is 5.82 Å². The molecule has 2 N–H and O–H groups in total. The monoisotopic (exact) mass is 318 g/mol. The molecule has 0 radical (unpaired) electrons. The average Bonchev–Trinajstić information content (AvgIpc) is 2.34. The van der Waals surface area contributed by atoms with Gasteiger partial charge in [0.15, 0.2) is 0 Å². The molecule has 0 spiro atoms. The lowest BCUT2D eigenvalue weighted by atomic mass is 10.4. The van der Waals surface area contributed by atoms with Crippen LogP contribution in [0.5, 0.6) is 0 Å². The fourth-order valence-electron chi connectivity index (χ4n) is 1.34. The van der Waals surface area contributed by atoms with E-state index in [-0.39, 0.29) is 0 Å². The molecule has 0 aliphatic heterocycles. The van der Waals surface area contributed by atoms with Gasteiger partial charge >= 0.3 is 0 Å². The van der Waals surface area contributed by atoms with E-state index in [0.29, 0.717) is 26.6 Å². The molecule has 2 aromatic rings. The Balaban J connectivity index is 2.16. The van der Waals surface area contributed by atoms with Crippen LogP contribution in [0.4, 0.5) is 5.82 Å². The summed E-state index contributed by atoms with van der Waals surface area (Å²) in [5, 5.41) is 1.90. The smallest absolute Gasteiger partial charge is 0.123 e. The molecule has 0 saturated carbocycles. The number of rotatable bonds is 3. The summed E-state index contributed by atoms with van der Waals surface area (Å²) in [4.78, 5) is 5.08. The van der Waals surface area contributed by atoms with Crippen molar-refractivity contribution in [3.8, 4) is 0 Å². The summed E-state index contributed by atoms with van der Waals surface area (Å²) in [6.45, 7) is 0. The summed E-state index contributed by atoms with van der Waals surface area (Å²) in [6.07, 6.45) is 0. The Labute approximate surface area is 124 Å². The molecule has 1 aromatic heterocycles. The van der Waals surface area contributed by atoms with Gasteiger partial charge in [-0.1, -0.05) is 34.8 Å². The van der Waals surface area contributed by atoms with Crippen molar-refractivity contribution in [2.75, 3.05) is 5.73 Å². The lowest BCUT2D eigenvalue weighted by Gasteiger charge is -2.06. The lowest BCUT2D eigenvalue weighted by molar-refractivity contribution is 1.18. The van der Waals surface area contributed by atoms with Gasteiger partial charge in [-0.15, -0.1) is 11.8 Å². The number of hydrogen-bond donors (Lipinski definition) is 1. The first-order chi connectivity index (χ1) is 8.56. The van der Waals surface area contributed by atoms with E-state index in [4.69, 9.17) is 40.5 Å². The molecular formula is C12H9Cl3N2S. The summed E-state index contributed by atoms with van der Waals surface area (Å²) in [5.41, 5.74) is 6.36. The van der Waals surface area contributed by atoms with Crippen molar-refractivity contribution >= 4 is 52.4 Å².